The van der Waals surface area contributed by atoms with Crippen LogP contribution in [-0.2, 0) is 10.3 Å². The molecule has 5 nitrogen and oxygen atoms in total. The molecule has 1 N–H and O–H groups in total. The molecule has 2 aromatic carbocycles. The Morgan fingerprint density at radius 2 is 1.91 bits per heavy atom. The molecule has 0 radical (unpaired) electrons. The molecule has 0 aliphatic rings. The predicted octanol–water partition coefficient (Wildman–Crippen LogP) is 0.444. The number of nitrogens with zero attached hydrogens (tertiary/aromatic N) is 1. The number of halogens is 1. The van der Waals surface area contributed by atoms with Gasteiger partial charge in [0.1, 0.15) is 5.01 Å². The molecule has 0 saturated carbocycles. The van der Waals surface area contributed by atoms with Crippen molar-refractivity contribution in [3.63, 3.8) is 0 Å². The van der Waals surface area contributed by atoms with Gasteiger partial charge in [0.05, 0.1) is 10.2 Å². The molecule has 0 unspecified atom stereocenters. The molecule has 0 spiro atoms. The zero-order valence-corrected chi connectivity index (χ0v) is 17.2. The van der Waals surface area contributed by atoms with Gasteiger partial charge in [0.2, 0.25) is 0 Å². The summed E-state index contributed by atoms with van der Waals surface area (Å²) >= 11 is 3.66. The molecule has 0 saturated heterocycles. The number of fused-ring (bicyclic) bond motifs is 1. The van der Waals surface area contributed by atoms with Gasteiger partial charge in [-0.25, -0.2) is 13.4 Å². The van der Waals surface area contributed by atoms with E-state index in [0.717, 1.165) is 24.4 Å². The van der Waals surface area contributed by atoms with Crippen LogP contribution in [0.25, 0.3) is 20.8 Å². The minimum Gasteiger partial charge on any atom is -0.731 e. The van der Waals surface area contributed by atoms with Gasteiger partial charge in [0, 0.05) is 14.8 Å². The zero-order chi connectivity index (χ0) is 15.0. The van der Waals surface area contributed by atoms with Crippen LogP contribution >= 0.6 is 33.9 Å². The number of hydrogen-bond acceptors (Lipinski definition) is 5. The molecule has 9 heteroatoms. The first-order chi connectivity index (χ1) is 9.92. The van der Waals surface area contributed by atoms with Crippen LogP contribution in [0.4, 0.5) is 5.69 Å². The molecule has 1 heterocycles. The summed E-state index contributed by atoms with van der Waals surface area (Å²) in [5.41, 5.74) is 2.09. The zero-order valence-electron chi connectivity index (χ0n) is 11.4. The second kappa shape index (κ2) is 7.12. The van der Waals surface area contributed by atoms with Crippen LogP contribution in [-0.4, -0.2) is 18.0 Å². The Balaban J connectivity index is 0.00000176. The van der Waals surface area contributed by atoms with E-state index in [-0.39, 0.29) is 35.2 Å². The summed E-state index contributed by atoms with van der Waals surface area (Å²) in [6.45, 7) is 0. The number of nitrogens with one attached hydrogen (secondary N) is 1. The summed E-state index contributed by atoms with van der Waals surface area (Å²) in [7, 11) is -4.51. The summed E-state index contributed by atoms with van der Waals surface area (Å²) in [5.74, 6) is 0. The van der Waals surface area contributed by atoms with E-state index >= 15 is 0 Å². The normalized spacial score (nSPS) is 11.2. The third-order valence-electron chi connectivity index (χ3n) is 2.74. The summed E-state index contributed by atoms with van der Waals surface area (Å²) in [6, 6.07) is 12.8. The molecule has 0 bridgehead atoms. The van der Waals surface area contributed by atoms with E-state index in [9.17, 15) is 13.0 Å². The Morgan fingerprint density at radius 1 is 1.18 bits per heavy atom. The van der Waals surface area contributed by atoms with Gasteiger partial charge >= 0.3 is 29.6 Å². The fourth-order valence-corrected chi connectivity index (χ4v) is 4.26. The van der Waals surface area contributed by atoms with Gasteiger partial charge in [-0.15, -0.1) is 11.3 Å². The number of rotatable bonds is 3. The topological polar surface area (TPSA) is 82.1 Å². The average Bonchev–Trinajstić information content (AvgIpc) is 2.80. The molecule has 3 rings (SSSR count). The Hall–Kier alpha value is -0.230. The maximum atomic E-state index is 10.7. The minimum atomic E-state index is -4.51. The van der Waals surface area contributed by atoms with E-state index in [2.05, 4.69) is 27.6 Å². The first-order valence-corrected chi connectivity index (χ1v) is 9.12. The summed E-state index contributed by atoms with van der Waals surface area (Å²) < 4.78 is 35.9. The van der Waals surface area contributed by atoms with Crippen molar-refractivity contribution in [2.75, 3.05) is 4.72 Å². The maximum absolute atomic E-state index is 10.7. The Labute approximate surface area is 167 Å². The van der Waals surface area contributed by atoms with Gasteiger partial charge in [0.25, 0.3) is 0 Å². The maximum Gasteiger partial charge on any atom is 1.00 e. The molecule has 0 fully saturated rings. The molecule has 1 aromatic heterocycles. The minimum absolute atomic E-state index is 0. The number of thiazole rings is 1. The molecule has 22 heavy (non-hydrogen) atoms. The average molecular weight is 454 g/mol. The van der Waals surface area contributed by atoms with E-state index in [1.807, 2.05) is 29.0 Å². The van der Waals surface area contributed by atoms with Gasteiger partial charge in [0.15, 0.2) is 10.3 Å². The van der Waals surface area contributed by atoms with Crippen molar-refractivity contribution in [3.05, 3.63) is 46.0 Å². The van der Waals surface area contributed by atoms with Crippen molar-refractivity contribution in [2.45, 2.75) is 0 Å². The first kappa shape index (κ1) is 18.1. The van der Waals surface area contributed by atoms with E-state index in [0.29, 0.717) is 0 Å². The third kappa shape index (κ3) is 4.19. The van der Waals surface area contributed by atoms with Crippen molar-refractivity contribution in [1.82, 2.24) is 4.98 Å². The summed E-state index contributed by atoms with van der Waals surface area (Å²) in [6.07, 6.45) is 0. The number of para-hydroxylation sites is 1. The van der Waals surface area contributed by atoms with Crippen molar-refractivity contribution in [1.29, 1.82) is 0 Å². The molecule has 108 valence electrons. The van der Waals surface area contributed by atoms with Crippen molar-refractivity contribution in [3.8, 4) is 10.6 Å². The monoisotopic (exact) mass is 454 g/mol. The van der Waals surface area contributed by atoms with Crippen LogP contribution < -0.4 is 34.3 Å². The van der Waals surface area contributed by atoms with E-state index in [1.165, 1.54) is 0 Å². The molecule has 0 amide bonds. The van der Waals surface area contributed by atoms with Crippen LogP contribution in [0.2, 0.25) is 0 Å². The number of aromatic nitrogens is 1. The van der Waals surface area contributed by atoms with Gasteiger partial charge in [-0.3, -0.25) is 4.72 Å². The molecule has 0 aliphatic heterocycles. The Kier molecular flexibility index (Phi) is 5.86. The molecule has 0 aliphatic carbocycles. The Morgan fingerprint density at radius 3 is 2.55 bits per heavy atom. The fourth-order valence-electron chi connectivity index (χ4n) is 1.88. The molecular weight excluding hydrogens is 446 g/mol. The van der Waals surface area contributed by atoms with Crippen LogP contribution in [0.3, 0.4) is 0 Å². The quantitative estimate of drug-likeness (QED) is 0.354. The van der Waals surface area contributed by atoms with E-state index in [1.54, 1.807) is 29.5 Å². The SMILES string of the molecule is O=S(=O)([O-])Nc1ccc(-c2nc3ccccc3s2)c(I)c1.[Na+]. The van der Waals surface area contributed by atoms with Crippen LogP contribution in [0.15, 0.2) is 42.5 Å². The number of benzene rings is 2. The molecular formula is C13H8IN2NaO3S2. The Bertz CT molecular complexity index is 895. The van der Waals surface area contributed by atoms with Gasteiger partial charge in [-0.05, 0) is 52.9 Å². The number of anilines is 1. The van der Waals surface area contributed by atoms with E-state index < -0.39 is 10.3 Å². The largest absolute Gasteiger partial charge is 1.00 e. The van der Waals surface area contributed by atoms with Crippen LogP contribution in [0.1, 0.15) is 0 Å². The smallest absolute Gasteiger partial charge is 0.731 e. The molecule has 3 aromatic rings. The van der Waals surface area contributed by atoms with Crippen molar-refractivity contribution >= 4 is 60.1 Å². The van der Waals surface area contributed by atoms with Crippen molar-refractivity contribution < 1.29 is 42.5 Å². The summed E-state index contributed by atoms with van der Waals surface area (Å²) in [5, 5.41) is 0.858. The predicted molar refractivity (Wildman–Crippen MR) is 91.1 cm³/mol. The standard InChI is InChI=1S/C13H9IN2O3S2.Na/c14-10-7-8(16-21(17,18)19)5-6-9(10)13-15-11-3-1-2-4-12(11)20-13;/h1-7,16H,(H,17,18,19);/q;+1/p-1. The van der Waals surface area contributed by atoms with Gasteiger partial charge in [-0.1, -0.05) is 12.1 Å². The first-order valence-electron chi connectivity index (χ1n) is 5.81. The van der Waals surface area contributed by atoms with Gasteiger partial charge in [-0.2, -0.15) is 0 Å². The third-order valence-corrected chi connectivity index (χ3v) is 5.18. The van der Waals surface area contributed by atoms with E-state index in [4.69, 9.17) is 0 Å². The van der Waals surface area contributed by atoms with Crippen molar-refractivity contribution in [2.24, 2.45) is 0 Å². The van der Waals surface area contributed by atoms with Gasteiger partial charge < -0.3 is 4.55 Å². The second-order valence-electron chi connectivity index (χ2n) is 4.24. The second-order valence-corrected chi connectivity index (χ2v) is 7.54. The van der Waals surface area contributed by atoms with Crippen LogP contribution in [0.5, 0.6) is 0 Å². The summed E-state index contributed by atoms with van der Waals surface area (Å²) in [4.78, 5) is 4.56. The molecule has 0 atom stereocenters. The fraction of sp³-hybridized carbons (Fsp3) is 0. The van der Waals surface area contributed by atoms with Crippen LogP contribution in [0, 0.1) is 3.57 Å². The number of hydrogen-bond donors (Lipinski definition) is 1.